The highest BCUT2D eigenvalue weighted by Gasteiger charge is 2.46. The van der Waals surface area contributed by atoms with Crippen molar-refractivity contribution in [2.24, 2.45) is 35.5 Å². The zero-order chi connectivity index (χ0) is 66.9. The molecule has 1 unspecified atom stereocenters. The molecular formula is C62H111N11O13. The average molecular weight is 1220 g/mol. The van der Waals surface area contributed by atoms with E-state index in [0.29, 0.717) is 6.42 Å². The monoisotopic (exact) mass is 1220 g/mol. The van der Waals surface area contributed by atoms with Crippen molar-refractivity contribution in [3.8, 4) is 0 Å². The van der Waals surface area contributed by atoms with Gasteiger partial charge in [-0.3, -0.25) is 52.7 Å². The first-order valence-corrected chi connectivity index (χ1v) is 30.6. The maximum absolute atomic E-state index is 15.1. The van der Waals surface area contributed by atoms with Gasteiger partial charge in [0.05, 0.1) is 18.2 Å². The van der Waals surface area contributed by atoms with Crippen molar-refractivity contribution in [3.63, 3.8) is 0 Å². The van der Waals surface area contributed by atoms with E-state index in [0.717, 1.165) is 14.7 Å². The summed E-state index contributed by atoms with van der Waals surface area (Å²) in [6.07, 6.45) is 2.38. The zero-order valence-corrected chi connectivity index (χ0v) is 56.4. The number of amides is 11. The first-order chi connectivity index (χ1) is 39.5. The highest BCUT2D eigenvalue weighted by Crippen LogP contribution is 2.26. The van der Waals surface area contributed by atoms with Gasteiger partial charge in [0.1, 0.15) is 60.4 Å². The third-order valence-electron chi connectivity index (χ3n) is 16.1. The second-order valence-electron chi connectivity index (χ2n) is 26.5. The van der Waals surface area contributed by atoms with E-state index in [2.05, 4.69) is 21.3 Å². The molecule has 6 N–H and O–H groups in total. The highest BCUT2D eigenvalue weighted by molar-refractivity contribution is 5.99. The van der Waals surface area contributed by atoms with Crippen molar-refractivity contribution in [3.05, 3.63) is 12.2 Å². The molecule has 0 aromatic rings. The third kappa shape index (κ3) is 21.9. The van der Waals surface area contributed by atoms with Gasteiger partial charge in [0.2, 0.25) is 65.0 Å². The Labute approximate surface area is 513 Å². The van der Waals surface area contributed by atoms with Crippen molar-refractivity contribution >= 4 is 65.0 Å². The van der Waals surface area contributed by atoms with Crippen molar-refractivity contribution in [1.29, 1.82) is 0 Å². The van der Waals surface area contributed by atoms with Crippen molar-refractivity contribution < 1.29 is 63.0 Å². The molecule has 1 saturated heterocycles. The van der Waals surface area contributed by atoms with Gasteiger partial charge in [-0.05, 0) is 102 Å². The first kappa shape index (κ1) is 77.8. The Morgan fingerprint density at radius 2 is 0.953 bits per heavy atom. The predicted molar refractivity (Wildman–Crippen MR) is 330 cm³/mol. The summed E-state index contributed by atoms with van der Waals surface area (Å²) in [6, 6.07) is -13.0. The maximum Gasteiger partial charge on any atom is 0.246 e. The molecule has 1 aliphatic rings. The number of allylic oxidation sites excluding steroid dienone is 2. The van der Waals surface area contributed by atoms with Crippen LogP contribution in [0, 0.1) is 35.5 Å². The zero-order valence-electron chi connectivity index (χ0n) is 56.4. The Balaban J connectivity index is 4.36. The van der Waals surface area contributed by atoms with Gasteiger partial charge in [-0.1, -0.05) is 95.2 Å². The third-order valence-corrected chi connectivity index (χ3v) is 16.1. The quantitative estimate of drug-likeness (QED) is 0.129. The van der Waals surface area contributed by atoms with E-state index in [1.54, 1.807) is 60.6 Å². The number of nitrogens with zero attached hydrogens (tertiary/aromatic N) is 7. The molecule has 0 aliphatic carbocycles. The lowest BCUT2D eigenvalue weighted by molar-refractivity contribution is -0.158. The highest BCUT2D eigenvalue weighted by atomic mass is 16.3. The van der Waals surface area contributed by atoms with Crippen molar-refractivity contribution in [2.45, 2.75) is 228 Å². The molecule has 11 amide bonds. The molecule has 0 radical (unpaired) electrons. The minimum absolute atomic E-state index is 0.00763. The largest absolute Gasteiger partial charge is 0.390 e. The summed E-state index contributed by atoms with van der Waals surface area (Å²) < 4.78 is 0. The van der Waals surface area contributed by atoms with Gasteiger partial charge in [0.15, 0.2) is 0 Å². The summed E-state index contributed by atoms with van der Waals surface area (Å²) in [5, 5.41) is 34.2. The molecule has 0 aromatic carbocycles. The molecule has 492 valence electrons. The van der Waals surface area contributed by atoms with E-state index in [9.17, 15) is 53.4 Å². The summed E-state index contributed by atoms with van der Waals surface area (Å²) in [5.41, 5.74) is -1.56. The Kier molecular flexibility index (Phi) is 31.1. The van der Waals surface area contributed by atoms with Crippen LogP contribution in [0.15, 0.2) is 12.2 Å². The first-order valence-electron chi connectivity index (χ1n) is 30.6. The van der Waals surface area contributed by atoms with Crippen LogP contribution in [-0.4, -0.2) is 237 Å². The van der Waals surface area contributed by atoms with Crippen LogP contribution < -0.4 is 21.3 Å². The van der Waals surface area contributed by atoms with Crippen LogP contribution in [0.3, 0.4) is 0 Å². The van der Waals surface area contributed by atoms with Crippen LogP contribution in [-0.2, 0) is 52.7 Å². The molecule has 0 bridgehead atoms. The second-order valence-corrected chi connectivity index (χ2v) is 26.5. The van der Waals surface area contributed by atoms with Crippen LogP contribution in [0.4, 0.5) is 0 Å². The Bertz CT molecular complexity index is 2370. The van der Waals surface area contributed by atoms with E-state index in [-0.39, 0.29) is 49.9 Å². The molecule has 1 fully saturated rings. The van der Waals surface area contributed by atoms with Gasteiger partial charge in [-0.25, -0.2) is 0 Å². The Hall–Kier alpha value is -6.17. The fourth-order valence-electron chi connectivity index (χ4n) is 10.7. The molecule has 0 saturated carbocycles. The number of rotatable bonds is 15. The molecule has 12 atom stereocenters. The van der Waals surface area contributed by atoms with Crippen LogP contribution in [0.5, 0.6) is 0 Å². The molecule has 24 nitrogen and oxygen atoms in total. The van der Waals surface area contributed by atoms with Gasteiger partial charge < -0.3 is 65.8 Å². The molecule has 24 heteroatoms. The lowest BCUT2D eigenvalue weighted by atomic mass is 9.91. The molecule has 1 rings (SSSR count). The summed E-state index contributed by atoms with van der Waals surface area (Å²) in [7, 11) is 9.63. The number of hydrogen-bond acceptors (Lipinski definition) is 13. The summed E-state index contributed by atoms with van der Waals surface area (Å²) in [5.74, 6) is -10.3. The van der Waals surface area contributed by atoms with Crippen LogP contribution >= 0.6 is 0 Å². The number of nitrogens with one attached hydrogen (secondary N) is 4. The summed E-state index contributed by atoms with van der Waals surface area (Å²) >= 11 is 0. The molecule has 0 spiro atoms. The number of aliphatic hydroxyl groups excluding tert-OH is 1. The molecule has 1 aliphatic heterocycles. The van der Waals surface area contributed by atoms with E-state index in [1.165, 1.54) is 96.6 Å². The summed E-state index contributed by atoms with van der Waals surface area (Å²) in [4.78, 5) is 168. The minimum Gasteiger partial charge on any atom is -0.390 e. The molecule has 1 heterocycles. The predicted octanol–water partition coefficient (Wildman–Crippen LogP) is 2.38. The number of likely N-dealkylation sites (N-methyl/N-ethyl adjacent to an activating group) is 7. The Morgan fingerprint density at radius 3 is 1.42 bits per heavy atom. The van der Waals surface area contributed by atoms with Crippen molar-refractivity contribution in [2.75, 3.05) is 55.9 Å². The molecular weight excluding hydrogens is 1110 g/mol. The summed E-state index contributed by atoms with van der Waals surface area (Å²) in [6.45, 7) is 28.1. The number of carbonyl (C=O) groups excluding carboxylic acids is 11. The van der Waals surface area contributed by atoms with Crippen molar-refractivity contribution in [1.82, 2.24) is 55.6 Å². The van der Waals surface area contributed by atoms with E-state index >= 15 is 9.59 Å². The number of hydrogen-bond donors (Lipinski definition) is 6. The normalized spacial score (nSPS) is 26.9. The van der Waals surface area contributed by atoms with Crippen LogP contribution in [0.25, 0.3) is 0 Å². The number of carbonyl (C=O) groups is 11. The van der Waals surface area contributed by atoms with Gasteiger partial charge >= 0.3 is 0 Å². The average Bonchev–Trinajstić information content (AvgIpc) is 2.11. The van der Waals surface area contributed by atoms with E-state index in [4.69, 9.17) is 0 Å². The van der Waals surface area contributed by atoms with E-state index < -0.39 is 161 Å². The van der Waals surface area contributed by atoms with Crippen LogP contribution in [0.2, 0.25) is 0 Å². The lowest BCUT2D eigenvalue weighted by Gasteiger charge is -2.42. The smallest absolute Gasteiger partial charge is 0.246 e. The second kappa shape index (κ2) is 34.4. The fourth-order valence-corrected chi connectivity index (χ4v) is 10.7. The van der Waals surface area contributed by atoms with Gasteiger partial charge in [0.25, 0.3) is 0 Å². The van der Waals surface area contributed by atoms with E-state index in [1.807, 2.05) is 41.5 Å². The number of aliphatic hydroxyl groups is 2. The molecule has 0 aromatic heterocycles. The van der Waals surface area contributed by atoms with Gasteiger partial charge in [0, 0.05) is 55.8 Å². The minimum atomic E-state index is -1.64. The lowest BCUT2D eigenvalue weighted by Crippen LogP contribution is -2.63. The Morgan fingerprint density at radius 1 is 0.512 bits per heavy atom. The topological polar surface area (TPSA) is 299 Å². The standard InChI is InChI=1S/C62H111N11O13/c1-25-27-28-39(13)51(75)50-55(79)65-42(26-2)57(81)67(18)33-47(74)68(19)43(29-34(3)4)54(78)66-48(37(9)10)60(84)69(20)44(30-35(5)6)53(77)63-40(14)52(76)64-41(15)56(80)71(22)46(32-62(16,17)86)59(83)70(21)45(31-36(7)8)58(82)72(23)49(38(11)12)61(85)73(50)24/h25,27,34-46,48-51,75,86H,26,28-33H2,1-24H3,(H,63,77)(H,64,76)(H,65,79)(H,66,78)/b27-25+/t39-,40-,41+,42-,43-,44-,45+,46+,48+,49+,50?,51-/m1/s1. The SMILES string of the molecule is C/C=C/C[C@@H](C)[C@@H](O)C1C(=O)N[C@H](CC)C(=O)N(C)CC(=O)N(C)[C@H](CC(C)C)C(=O)N[C@@H](C(C)C)C(=O)N(C)[C@H](CC(C)C)C(=O)N[C@H](C)C(=O)N[C@@H](C)C(=O)N(C)[C@@H](CC(C)(C)O)C(=O)N(C)[C@@H](CC(C)C)C(=O)N(C)[C@@H](C(C)C)C(=O)N1C. The van der Waals surface area contributed by atoms with Gasteiger partial charge in [-0.2, -0.15) is 0 Å². The fraction of sp³-hybridized carbons (Fsp3) is 0.790. The maximum atomic E-state index is 15.1. The van der Waals surface area contributed by atoms with Crippen LogP contribution in [0.1, 0.15) is 156 Å². The van der Waals surface area contributed by atoms with Gasteiger partial charge in [-0.15, -0.1) is 0 Å². The molecule has 86 heavy (non-hydrogen) atoms.